The molecule has 0 heterocycles. The van der Waals surface area contributed by atoms with Gasteiger partial charge in [-0.3, -0.25) is 4.79 Å². The lowest BCUT2D eigenvalue weighted by molar-refractivity contribution is 0.0850. The summed E-state index contributed by atoms with van der Waals surface area (Å²) in [6, 6.07) is 7.39. The van der Waals surface area contributed by atoms with E-state index >= 15 is 0 Å². The number of aliphatic hydroxyl groups excluding tert-OH is 1. The molecule has 2 atom stereocenters. The van der Waals surface area contributed by atoms with Gasteiger partial charge in [-0.25, -0.2) is 0 Å². The van der Waals surface area contributed by atoms with Crippen LogP contribution < -0.4 is 5.32 Å². The van der Waals surface area contributed by atoms with Crippen molar-refractivity contribution in [3.05, 3.63) is 34.3 Å². The third-order valence-electron chi connectivity index (χ3n) is 3.09. The molecule has 1 aliphatic rings. The fraction of sp³-hybridized carbons (Fsp3) is 0.462. The summed E-state index contributed by atoms with van der Waals surface area (Å²) in [5.41, 5.74) is 0.660. The molecule has 2 unspecified atom stereocenters. The molecule has 3 nitrogen and oxygen atoms in total. The fourth-order valence-corrected chi connectivity index (χ4v) is 2.43. The average molecular weight is 298 g/mol. The fourth-order valence-electron chi connectivity index (χ4n) is 2.17. The van der Waals surface area contributed by atoms with E-state index in [0.29, 0.717) is 12.0 Å². The number of benzene rings is 1. The van der Waals surface area contributed by atoms with Crippen molar-refractivity contribution in [3.63, 3.8) is 0 Å². The van der Waals surface area contributed by atoms with Crippen LogP contribution in [0.5, 0.6) is 0 Å². The molecule has 4 heteroatoms. The number of hydrogen-bond donors (Lipinski definition) is 2. The summed E-state index contributed by atoms with van der Waals surface area (Å²) in [5, 5.41) is 12.5. The molecular formula is C13H16BrNO2. The number of amides is 1. The first-order valence-corrected chi connectivity index (χ1v) is 6.69. The van der Waals surface area contributed by atoms with Gasteiger partial charge in [0.1, 0.15) is 0 Å². The maximum Gasteiger partial charge on any atom is 0.251 e. The average Bonchev–Trinajstić information content (AvgIpc) is 2.29. The van der Waals surface area contributed by atoms with Crippen LogP contribution in [0.15, 0.2) is 28.7 Å². The smallest absolute Gasteiger partial charge is 0.251 e. The van der Waals surface area contributed by atoms with Crippen LogP contribution in [0.4, 0.5) is 0 Å². The first kappa shape index (κ1) is 12.6. The van der Waals surface area contributed by atoms with E-state index in [-0.39, 0.29) is 18.1 Å². The van der Waals surface area contributed by atoms with Gasteiger partial charge in [-0.15, -0.1) is 0 Å². The highest BCUT2D eigenvalue weighted by molar-refractivity contribution is 9.10. The van der Waals surface area contributed by atoms with Gasteiger partial charge in [-0.2, -0.15) is 0 Å². The Kier molecular flexibility index (Phi) is 4.18. The zero-order valence-corrected chi connectivity index (χ0v) is 11.1. The Hall–Kier alpha value is -0.870. The molecule has 0 saturated heterocycles. The molecule has 2 N–H and O–H groups in total. The zero-order valence-electron chi connectivity index (χ0n) is 9.53. The number of carbonyl (C=O) groups is 1. The van der Waals surface area contributed by atoms with E-state index in [1.807, 2.05) is 12.1 Å². The lowest BCUT2D eigenvalue weighted by atomic mass is 9.93. The van der Waals surface area contributed by atoms with Gasteiger partial charge < -0.3 is 10.4 Å². The number of halogens is 1. The molecule has 1 saturated carbocycles. The minimum Gasteiger partial charge on any atom is -0.393 e. The van der Waals surface area contributed by atoms with Gasteiger partial charge in [0.05, 0.1) is 6.10 Å². The summed E-state index contributed by atoms with van der Waals surface area (Å²) in [4.78, 5) is 11.9. The Morgan fingerprint density at radius 1 is 1.29 bits per heavy atom. The summed E-state index contributed by atoms with van der Waals surface area (Å²) in [6.07, 6.45) is 3.19. The van der Waals surface area contributed by atoms with Crippen molar-refractivity contribution in [3.8, 4) is 0 Å². The second kappa shape index (κ2) is 5.65. The molecule has 1 aliphatic carbocycles. The van der Waals surface area contributed by atoms with Crippen LogP contribution in [0.3, 0.4) is 0 Å². The number of hydrogen-bond acceptors (Lipinski definition) is 2. The van der Waals surface area contributed by atoms with E-state index in [4.69, 9.17) is 0 Å². The number of rotatable bonds is 2. The lowest BCUT2D eigenvalue weighted by Crippen LogP contribution is -2.39. The first-order chi connectivity index (χ1) is 8.15. The molecule has 2 rings (SSSR count). The van der Waals surface area contributed by atoms with Crippen LogP contribution in [0.25, 0.3) is 0 Å². The molecule has 1 aromatic carbocycles. The standard InChI is InChI=1S/C13H16BrNO2/c14-10-6-4-9(5-7-10)13(17)15-11-2-1-3-12(16)8-11/h4-7,11-12,16H,1-3,8H2,(H,15,17). The van der Waals surface area contributed by atoms with Crippen molar-refractivity contribution in [2.24, 2.45) is 0 Å². The highest BCUT2D eigenvalue weighted by Gasteiger charge is 2.21. The van der Waals surface area contributed by atoms with Crippen LogP contribution in [-0.4, -0.2) is 23.2 Å². The molecular weight excluding hydrogens is 282 g/mol. The van der Waals surface area contributed by atoms with Gasteiger partial charge in [0.25, 0.3) is 5.91 Å². The Morgan fingerprint density at radius 3 is 2.65 bits per heavy atom. The molecule has 0 aliphatic heterocycles. The van der Waals surface area contributed by atoms with Gasteiger partial charge in [-0.05, 0) is 49.9 Å². The Morgan fingerprint density at radius 2 is 2.00 bits per heavy atom. The SMILES string of the molecule is O=C(NC1CCCC(O)C1)c1ccc(Br)cc1. The number of nitrogens with one attached hydrogen (secondary N) is 1. The predicted octanol–water partition coefficient (Wildman–Crippen LogP) is 2.48. The van der Waals surface area contributed by atoms with E-state index in [2.05, 4.69) is 21.2 Å². The maximum absolute atomic E-state index is 11.9. The second-order valence-electron chi connectivity index (χ2n) is 4.50. The maximum atomic E-state index is 11.9. The summed E-state index contributed by atoms with van der Waals surface area (Å²) in [7, 11) is 0. The van der Waals surface area contributed by atoms with Crippen LogP contribution in [0.1, 0.15) is 36.0 Å². The minimum atomic E-state index is -0.265. The highest BCUT2D eigenvalue weighted by Crippen LogP contribution is 2.19. The molecule has 0 spiro atoms. The van der Waals surface area contributed by atoms with Gasteiger partial charge in [-0.1, -0.05) is 15.9 Å². The molecule has 0 bridgehead atoms. The zero-order chi connectivity index (χ0) is 12.3. The topological polar surface area (TPSA) is 49.3 Å². The third-order valence-corrected chi connectivity index (χ3v) is 3.62. The molecule has 17 heavy (non-hydrogen) atoms. The molecule has 1 aromatic rings. The third kappa shape index (κ3) is 3.54. The van der Waals surface area contributed by atoms with E-state index < -0.39 is 0 Å². The van der Waals surface area contributed by atoms with Gasteiger partial charge in [0, 0.05) is 16.1 Å². The summed E-state index contributed by atoms with van der Waals surface area (Å²) >= 11 is 3.34. The first-order valence-electron chi connectivity index (χ1n) is 5.89. The van der Waals surface area contributed by atoms with Crippen molar-refractivity contribution in [1.82, 2.24) is 5.32 Å². The lowest BCUT2D eigenvalue weighted by Gasteiger charge is -2.26. The van der Waals surface area contributed by atoms with Crippen molar-refractivity contribution in [2.45, 2.75) is 37.8 Å². The number of carbonyl (C=O) groups excluding carboxylic acids is 1. The van der Waals surface area contributed by atoms with Gasteiger partial charge in [0.2, 0.25) is 0 Å². The quantitative estimate of drug-likeness (QED) is 0.881. The van der Waals surface area contributed by atoms with Crippen LogP contribution in [0, 0.1) is 0 Å². The largest absolute Gasteiger partial charge is 0.393 e. The summed E-state index contributed by atoms with van der Waals surface area (Å²) in [5.74, 6) is -0.0587. The van der Waals surface area contributed by atoms with Crippen LogP contribution >= 0.6 is 15.9 Å². The van der Waals surface area contributed by atoms with Gasteiger partial charge in [0.15, 0.2) is 0 Å². The highest BCUT2D eigenvalue weighted by atomic mass is 79.9. The predicted molar refractivity (Wildman–Crippen MR) is 69.9 cm³/mol. The number of aliphatic hydroxyl groups is 1. The monoisotopic (exact) mass is 297 g/mol. The molecule has 92 valence electrons. The molecule has 1 amide bonds. The summed E-state index contributed by atoms with van der Waals surface area (Å²) in [6.45, 7) is 0. The molecule has 0 aromatic heterocycles. The van der Waals surface area contributed by atoms with E-state index in [0.717, 1.165) is 23.7 Å². The second-order valence-corrected chi connectivity index (χ2v) is 5.41. The Balaban J connectivity index is 1.94. The summed E-state index contributed by atoms with van der Waals surface area (Å²) < 4.78 is 0.960. The molecule has 0 radical (unpaired) electrons. The van der Waals surface area contributed by atoms with E-state index in [9.17, 15) is 9.90 Å². The van der Waals surface area contributed by atoms with E-state index in [1.165, 1.54) is 0 Å². The Bertz CT molecular complexity index is 391. The van der Waals surface area contributed by atoms with Crippen molar-refractivity contribution >= 4 is 21.8 Å². The van der Waals surface area contributed by atoms with Crippen LogP contribution in [0.2, 0.25) is 0 Å². The van der Waals surface area contributed by atoms with Crippen molar-refractivity contribution in [2.75, 3.05) is 0 Å². The minimum absolute atomic E-state index is 0.0587. The van der Waals surface area contributed by atoms with Crippen LogP contribution in [-0.2, 0) is 0 Å². The van der Waals surface area contributed by atoms with Crippen molar-refractivity contribution in [1.29, 1.82) is 0 Å². The van der Waals surface area contributed by atoms with E-state index in [1.54, 1.807) is 12.1 Å². The van der Waals surface area contributed by atoms with Crippen molar-refractivity contribution < 1.29 is 9.90 Å². The molecule has 1 fully saturated rings. The Labute approximate surface area is 109 Å². The van der Waals surface area contributed by atoms with Gasteiger partial charge >= 0.3 is 0 Å². The normalized spacial score (nSPS) is 24.4.